The molecule has 2 aliphatic rings. The molecule has 3 heterocycles. The molecule has 1 amide bonds. The number of amides is 1. The topological polar surface area (TPSA) is 64.3 Å². The fourth-order valence-corrected chi connectivity index (χ4v) is 5.62. The number of carbonyl (C=O) groups is 1. The smallest absolute Gasteiger partial charge is 0.251 e. The lowest BCUT2D eigenvalue weighted by atomic mass is 10.0. The Morgan fingerprint density at radius 3 is 2.78 bits per heavy atom. The molecule has 7 heteroatoms. The van der Waals surface area contributed by atoms with Gasteiger partial charge in [-0.1, -0.05) is 36.4 Å². The van der Waals surface area contributed by atoms with Crippen LogP contribution in [0.15, 0.2) is 78.7 Å². The van der Waals surface area contributed by atoms with Gasteiger partial charge in [0.25, 0.3) is 5.91 Å². The summed E-state index contributed by atoms with van der Waals surface area (Å²) in [5, 5.41) is 13.1. The second-order valence-electron chi connectivity index (χ2n) is 9.33. The Morgan fingerprint density at radius 2 is 1.94 bits per heavy atom. The highest BCUT2D eigenvalue weighted by molar-refractivity contribution is 7.10. The monoisotopic (exact) mass is 493 g/mol. The molecular formula is C29H27N5OS. The van der Waals surface area contributed by atoms with E-state index >= 15 is 0 Å². The standard InChI is InChI=1S/C29H27N5OS/c1-19-5-3-4-6-24(19)29(35)30-16-23-14-22(18-36-23)27-26-15-21-13-20(7-8-25(21)28(26)32-31-27)17-34-11-9-33(2)10-12-34/h3-14,18H,15-17H2,1-2H3,(H,30,35)(H,31,32). The lowest BCUT2D eigenvalue weighted by molar-refractivity contribution is 0.0950. The van der Waals surface area contributed by atoms with Crippen molar-refractivity contribution in [3.05, 3.63) is 111 Å². The van der Waals surface area contributed by atoms with Gasteiger partial charge in [-0.05, 0) is 35.7 Å². The predicted molar refractivity (Wildman–Crippen MR) is 144 cm³/mol. The van der Waals surface area contributed by atoms with E-state index in [1.54, 1.807) is 11.3 Å². The molecule has 6 nitrogen and oxygen atoms in total. The molecule has 2 aromatic heterocycles. The van der Waals surface area contributed by atoms with Gasteiger partial charge in [0.2, 0.25) is 0 Å². The summed E-state index contributed by atoms with van der Waals surface area (Å²) in [6, 6.07) is 16.5. The zero-order valence-corrected chi connectivity index (χ0v) is 21.1. The number of aryl methyl sites for hydroxylation is 1. The first kappa shape index (κ1) is 22.4. The number of fused-ring (bicyclic) bond motifs is 3. The highest BCUT2D eigenvalue weighted by Gasteiger charge is 2.26. The van der Waals surface area contributed by atoms with Crippen LogP contribution in [-0.4, -0.2) is 33.0 Å². The maximum Gasteiger partial charge on any atom is 0.251 e. The van der Waals surface area contributed by atoms with E-state index in [4.69, 9.17) is 0 Å². The summed E-state index contributed by atoms with van der Waals surface area (Å²) in [5.74, 6) is -0.0440. The van der Waals surface area contributed by atoms with Crippen molar-refractivity contribution in [2.75, 3.05) is 7.05 Å². The zero-order chi connectivity index (χ0) is 24.6. The molecular weight excluding hydrogens is 466 g/mol. The van der Waals surface area contributed by atoms with Gasteiger partial charge in [-0.15, -0.1) is 11.3 Å². The lowest BCUT2D eigenvalue weighted by Crippen LogP contribution is -2.23. The van der Waals surface area contributed by atoms with E-state index in [-0.39, 0.29) is 5.91 Å². The van der Waals surface area contributed by atoms with Gasteiger partial charge in [0.05, 0.1) is 17.9 Å². The van der Waals surface area contributed by atoms with Crippen molar-refractivity contribution in [2.24, 2.45) is 0 Å². The van der Waals surface area contributed by atoms with E-state index in [0.717, 1.165) is 45.9 Å². The summed E-state index contributed by atoms with van der Waals surface area (Å²) in [4.78, 5) is 17.9. The number of H-pyrrole nitrogens is 1. The molecule has 36 heavy (non-hydrogen) atoms. The summed E-state index contributed by atoms with van der Waals surface area (Å²) in [7, 11) is 2.02. The molecule has 0 atom stereocenters. The van der Waals surface area contributed by atoms with Gasteiger partial charge >= 0.3 is 0 Å². The summed E-state index contributed by atoms with van der Waals surface area (Å²) in [6.07, 6.45) is 9.16. The van der Waals surface area contributed by atoms with E-state index in [2.05, 4.69) is 74.9 Å². The molecule has 6 rings (SSSR count). The van der Waals surface area contributed by atoms with E-state index in [1.807, 2.05) is 43.1 Å². The average Bonchev–Trinajstić information content (AvgIpc) is 3.59. The molecule has 2 aromatic carbocycles. The molecule has 1 aliphatic carbocycles. The van der Waals surface area contributed by atoms with Crippen LogP contribution in [0.3, 0.4) is 0 Å². The van der Waals surface area contributed by atoms with Gasteiger partial charge < -0.3 is 15.1 Å². The Bertz CT molecular complexity index is 1500. The molecule has 0 unspecified atom stereocenters. The van der Waals surface area contributed by atoms with Crippen LogP contribution < -0.4 is 5.32 Å². The summed E-state index contributed by atoms with van der Waals surface area (Å²) < 4.78 is 0. The molecule has 0 bridgehead atoms. The van der Waals surface area contributed by atoms with Crippen molar-refractivity contribution in [1.82, 2.24) is 25.3 Å². The third kappa shape index (κ3) is 4.22. The van der Waals surface area contributed by atoms with E-state index in [9.17, 15) is 4.79 Å². The van der Waals surface area contributed by atoms with Crippen molar-refractivity contribution < 1.29 is 4.79 Å². The Labute approximate surface area is 214 Å². The van der Waals surface area contributed by atoms with E-state index < -0.39 is 0 Å². The van der Waals surface area contributed by atoms with Gasteiger partial charge in [0.15, 0.2) is 0 Å². The van der Waals surface area contributed by atoms with Gasteiger partial charge in [0, 0.05) is 77.3 Å². The lowest BCUT2D eigenvalue weighted by Gasteiger charge is -2.22. The molecule has 0 spiro atoms. The molecule has 0 saturated heterocycles. The van der Waals surface area contributed by atoms with Crippen LogP contribution in [-0.2, 0) is 19.5 Å². The molecule has 180 valence electrons. The number of aromatic amines is 1. The first-order valence-electron chi connectivity index (χ1n) is 12.0. The molecule has 0 radical (unpaired) electrons. The van der Waals surface area contributed by atoms with Gasteiger partial charge in [-0.2, -0.15) is 5.10 Å². The minimum absolute atomic E-state index is 0.0440. The maximum absolute atomic E-state index is 12.6. The summed E-state index contributed by atoms with van der Waals surface area (Å²) in [5.41, 5.74) is 10.0. The van der Waals surface area contributed by atoms with Crippen LogP contribution in [0.5, 0.6) is 0 Å². The number of thiophene rings is 1. The van der Waals surface area contributed by atoms with Gasteiger partial charge in [-0.25, -0.2) is 0 Å². The first-order chi connectivity index (χ1) is 17.5. The minimum atomic E-state index is -0.0440. The number of aromatic nitrogens is 2. The third-order valence-corrected chi connectivity index (χ3v) is 7.70. The summed E-state index contributed by atoms with van der Waals surface area (Å²) >= 11 is 1.65. The van der Waals surface area contributed by atoms with Crippen LogP contribution in [0.1, 0.15) is 37.5 Å². The molecule has 0 saturated carbocycles. The fraction of sp³-hybridized carbons (Fsp3) is 0.172. The minimum Gasteiger partial charge on any atom is -0.354 e. The number of hydrogen-bond donors (Lipinski definition) is 2. The van der Waals surface area contributed by atoms with Crippen LogP contribution in [0.2, 0.25) is 0 Å². The first-order valence-corrected chi connectivity index (χ1v) is 12.9. The fourth-order valence-electron chi connectivity index (χ4n) is 4.81. The number of rotatable bonds is 6. The molecule has 2 N–H and O–H groups in total. The highest BCUT2D eigenvalue weighted by Crippen LogP contribution is 2.41. The van der Waals surface area contributed by atoms with Crippen LogP contribution in [0, 0.1) is 6.92 Å². The number of benzene rings is 2. The number of carbonyl (C=O) groups excluding carboxylic acids is 1. The van der Waals surface area contributed by atoms with Crippen molar-refractivity contribution >= 4 is 17.2 Å². The van der Waals surface area contributed by atoms with Crippen molar-refractivity contribution in [3.8, 4) is 22.5 Å². The number of nitrogens with one attached hydrogen (secondary N) is 2. The quantitative estimate of drug-likeness (QED) is 0.321. The normalized spacial score (nSPS) is 13.7. The van der Waals surface area contributed by atoms with Crippen molar-refractivity contribution in [1.29, 1.82) is 0 Å². The third-order valence-electron chi connectivity index (χ3n) is 6.77. The van der Waals surface area contributed by atoms with Crippen LogP contribution in [0.25, 0.3) is 22.5 Å². The number of hydrogen-bond acceptors (Lipinski definition) is 5. The molecule has 1 aliphatic heterocycles. The van der Waals surface area contributed by atoms with Gasteiger partial charge in [-0.3, -0.25) is 9.89 Å². The molecule has 0 fully saturated rings. The van der Waals surface area contributed by atoms with Crippen molar-refractivity contribution in [2.45, 2.75) is 26.4 Å². The van der Waals surface area contributed by atoms with Crippen LogP contribution >= 0.6 is 11.3 Å². The Balaban J connectivity index is 1.15. The summed E-state index contributed by atoms with van der Waals surface area (Å²) in [6.45, 7) is 3.30. The van der Waals surface area contributed by atoms with Crippen LogP contribution in [0.4, 0.5) is 0 Å². The Hall–Kier alpha value is -4.10. The van der Waals surface area contributed by atoms with Crippen molar-refractivity contribution in [3.63, 3.8) is 0 Å². The Kier molecular flexibility index (Phi) is 5.70. The number of nitrogens with zero attached hydrogens (tertiary/aromatic N) is 3. The second kappa shape index (κ2) is 9.17. The Morgan fingerprint density at radius 1 is 1.11 bits per heavy atom. The SMILES string of the molecule is Cc1ccccc1C(=O)NCc1cc(-c2n[nH]c3c2Cc2cc(CN4C=CN(C)C=C4)ccc2-3)cs1. The van der Waals surface area contributed by atoms with Gasteiger partial charge in [0.1, 0.15) is 0 Å². The molecule has 4 aromatic rings. The maximum atomic E-state index is 12.6. The van der Waals surface area contributed by atoms with E-state index in [0.29, 0.717) is 6.54 Å². The largest absolute Gasteiger partial charge is 0.354 e. The predicted octanol–water partition coefficient (Wildman–Crippen LogP) is 5.64. The van der Waals surface area contributed by atoms with E-state index in [1.165, 1.54) is 22.3 Å². The average molecular weight is 494 g/mol. The second-order valence-corrected chi connectivity index (χ2v) is 10.3. The zero-order valence-electron chi connectivity index (χ0n) is 20.3. The highest BCUT2D eigenvalue weighted by atomic mass is 32.1.